The van der Waals surface area contributed by atoms with Gasteiger partial charge in [-0.05, 0) is 22.0 Å². The van der Waals surface area contributed by atoms with Gasteiger partial charge in [0.2, 0.25) is 0 Å². The maximum atomic E-state index is 8.95. The summed E-state index contributed by atoms with van der Waals surface area (Å²) in [6.07, 6.45) is 1.83. The lowest BCUT2D eigenvalue weighted by molar-refractivity contribution is 0.365. The fraction of sp³-hybridized carbons (Fsp3) is 0.455. The maximum Gasteiger partial charge on any atom is 0.123 e. The number of pyridine rings is 1. The van der Waals surface area contributed by atoms with Crippen LogP contribution in [0.4, 0.5) is 5.69 Å². The molecule has 1 aromatic rings. The summed E-state index contributed by atoms with van der Waals surface area (Å²) in [4.78, 5) is 6.52. The molecule has 5 heteroatoms. The number of rotatable bonds is 1. The van der Waals surface area contributed by atoms with E-state index < -0.39 is 0 Å². The fourth-order valence-corrected chi connectivity index (χ4v) is 2.80. The van der Waals surface area contributed by atoms with Gasteiger partial charge in [-0.2, -0.15) is 5.26 Å². The van der Waals surface area contributed by atoms with Crippen LogP contribution in [-0.4, -0.2) is 30.7 Å². The molecule has 2 fully saturated rings. The number of anilines is 1. The van der Waals surface area contributed by atoms with Gasteiger partial charge in [-0.1, -0.05) is 0 Å². The number of nitrogens with one attached hydrogen (secondary N) is 1. The molecule has 2 aliphatic rings. The van der Waals surface area contributed by atoms with E-state index in [1.807, 2.05) is 12.3 Å². The molecule has 0 aromatic carbocycles. The number of nitriles is 1. The second-order valence-electron chi connectivity index (χ2n) is 4.28. The summed E-state index contributed by atoms with van der Waals surface area (Å²) >= 11 is 3.27. The third-order valence-corrected chi connectivity index (χ3v) is 4.04. The first-order chi connectivity index (χ1) is 7.79. The topological polar surface area (TPSA) is 52.0 Å². The highest BCUT2D eigenvalue weighted by Crippen LogP contribution is 2.33. The Hall–Kier alpha value is -1.12. The third-order valence-electron chi connectivity index (χ3n) is 3.41. The first kappa shape index (κ1) is 10.1. The van der Waals surface area contributed by atoms with E-state index >= 15 is 0 Å². The van der Waals surface area contributed by atoms with Crippen molar-refractivity contribution in [3.05, 3.63) is 22.4 Å². The van der Waals surface area contributed by atoms with E-state index in [1.165, 1.54) is 0 Å². The monoisotopic (exact) mass is 278 g/mol. The van der Waals surface area contributed by atoms with Gasteiger partial charge in [0.25, 0.3) is 0 Å². The van der Waals surface area contributed by atoms with Crippen molar-refractivity contribution in [2.24, 2.45) is 5.92 Å². The standard InChI is InChI=1S/C11H11BrN4/c12-11-7(2-13)1-9(4-15-11)16-6-8-3-14-5-10(8)16/h1,4,8,10,14H,3,5-6H2/t8-,10-/m1/s1. The van der Waals surface area contributed by atoms with Crippen molar-refractivity contribution in [2.45, 2.75) is 6.04 Å². The van der Waals surface area contributed by atoms with Crippen LogP contribution in [0, 0.1) is 17.2 Å². The second-order valence-corrected chi connectivity index (χ2v) is 5.03. The predicted octanol–water partition coefficient (Wildman–Crippen LogP) is 1.12. The Morgan fingerprint density at radius 3 is 3.19 bits per heavy atom. The van der Waals surface area contributed by atoms with Gasteiger partial charge >= 0.3 is 0 Å². The van der Waals surface area contributed by atoms with Crippen LogP contribution in [0.1, 0.15) is 5.56 Å². The Morgan fingerprint density at radius 2 is 2.44 bits per heavy atom. The van der Waals surface area contributed by atoms with E-state index in [-0.39, 0.29) is 0 Å². The molecule has 1 aromatic heterocycles. The predicted molar refractivity (Wildman–Crippen MR) is 64.1 cm³/mol. The molecule has 3 heterocycles. The van der Waals surface area contributed by atoms with Gasteiger partial charge in [0.05, 0.1) is 17.4 Å². The van der Waals surface area contributed by atoms with Crippen molar-refractivity contribution >= 4 is 21.6 Å². The lowest BCUT2D eigenvalue weighted by Gasteiger charge is -2.45. The minimum Gasteiger partial charge on any atom is -0.365 e. The highest BCUT2D eigenvalue weighted by Gasteiger charge is 2.42. The Bertz CT molecular complexity index is 468. The van der Waals surface area contributed by atoms with Crippen LogP contribution in [0.15, 0.2) is 16.9 Å². The molecule has 2 aliphatic heterocycles. The van der Waals surface area contributed by atoms with Gasteiger partial charge in [-0.3, -0.25) is 0 Å². The molecule has 0 aliphatic carbocycles. The molecule has 3 rings (SSSR count). The molecule has 1 N–H and O–H groups in total. The zero-order chi connectivity index (χ0) is 11.1. The van der Waals surface area contributed by atoms with Crippen molar-refractivity contribution in [1.82, 2.24) is 10.3 Å². The van der Waals surface area contributed by atoms with Gasteiger partial charge in [0, 0.05) is 31.6 Å². The molecule has 2 saturated heterocycles. The van der Waals surface area contributed by atoms with Gasteiger partial charge in [0.1, 0.15) is 10.7 Å². The van der Waals surface area contributed by atoms with Gasteiger partial charge in [0.15, 0.2) is 0 Å². The zero-order valence-corrected chi connectivity index (χ0v) is 10.2. The van der Waals surface area contributed by atoms with Crippen LogP contribution in [0.3, 0.4) is 0 Å². The second kappa shape index (κ2) is 3.72. The largest absolute Gasteiger partial charge is 0.365 e. The van der Waals surface area contributed by atoms with Crippen molar-refractivity contribution in [3.8, 4) is 6.07 Å². The lowest BCUT2D eigenvalue weighted by Crippen LogP contribution is -2.55. The highest BCUT2D eigenvalue weighted by atomic mass is 79.9. The fourth-order valence-electron chi connectivity index (χ4n) is 2.49. The van der Waals surface area contributed by atoms with Crippen LogP contribution in [0.2, 0.25) is 0 Å². The van der Waals surface area contributed by atoms with Gasteiger partial charge < -0.3 is 10.2 Å². The quantitative estimate of drug-likeness (QED) is 0.783. The molecular formula is C11H11BrN4. The van der Waals surface area contributed by atoms with Crippen molar-refractivity contribution in [3.63, 3.8) is 0 Å². The first-order valence-corrected chi connectivity index (χ1v) is 6.12. The van der Waals surface area contributed by atoms with E-state index in [2.05, 4.69) is 37.2 Å². The Morgan fingerprint density at radius 1 is 1.56 bits per heavy atom. The smallest absolute Gasteiger partial charge is 0.123 e. The van der Waals surface area contributed by atoms with Crippen LogP contribution in [0.25, 0.3) is 0 Å². The molecule has 2 atom stereocenters. The summed E-state index contributed by atoms with van der Waals surface area (Å²) < 4.78 is 0.625. The molecule has 82 valence electrons. The van der Waals surface area contributed by atoms with Gasteiger partial charge in [-0.15, -0.1) is 0 Å². The number of fused-ring (bicyclic) bond motifs is 1. The number of nitrogens with zero attached hydrogens (tertiary/aromatic N) is 3. The average Bonchev–Trinajstić information content (AvgIpc) is 2.63. The molecular weight excluding hydrogens is 268 g/mol. The number of halogens is 1. The number of aromatic nitrogens is 1. The summed E-state index contributed by atoms with van der Waals surface area (Å²) in [5, 5.41) is 12.3. The summed E-state index contributed by atoms with van der Waals surface area (Å²) in [5.41, 5.74) is 1.66. The molecule has 0 spiro atoms. The van der Waals surface area contributed by atoms with Crippen LogP contribution < -0.4 is 10.2 Å². The van der Waals surface area contributed by atoms with E-state index in [1.54, 1.807) is 0 Å². The van der Waals surface area contributed by atoms with E-state index in [0.29, 0.717) is 16.2 Å². The normalized spacial score (nSPS) is 27.1. The Kier molecular flexibility index (Phi) is 2.34. The third kappa shape index (κ3) is 1.41. The van der Waals surface area contributed by atoms with Crippen LogP contribution >= 0.6 is 15.9 Å². The lowest BCUT2D eigenvalue weighted by atomic mass is 9.91. The molecule has 0 radical (unpaired) electrons. The van der Waals surface area contributed by atoms with E-state index in [9.17, 15) is 0 Å². The molecule has 0 amide bonds. The van der Waals surface area contributed by atoms with Crippen molar-refractivity contribution < 1.29 is 0 Å². The zero-order valence-electron chi connectivity index (χ0n) is 8.65. The molecule has 0 bridgehead atoms. The average molecular weight is 279 g/mol. The summed E-state index contributed by atoms with van der Waals surface area (Å²) in [6, 6.07) is 4.65. The van der Waals surface area contributed by atoms with Gasteiger partial charge in [-0.25, -0.2) is 4.98 Å². The highest BCUT2D eigenvalue weighted by molar-refractivity contribution is 9.10. The van der Waals surface area contributed by atoms with E-state index in [0.717, 1.165) is 31.2 Å². The summed E-state index contributed by atoms with van der Waals surface area (Å²) in [6.45, 7) is 3.24. The number of hydrogen-bond acceptors (Lipinski definition) is 4. The molecule has 4 nitrogen and oxygen atoms in total. The van der Waals surface area contributed by atoms with Crippen molar-refractivity contribution in [2.75, 3.05) is 24.5 Å². The van der Waals surface area contributed by atoms with Crippen LogP contribution in [0.5, 0.6) is 0 Å². The molecule has 0 unspecified atom stereocenters. The SMILES string of the molecule is N#Cc1cc(N2C[C@H]3CNC[C@H]32)cnc1Br. The Labute approximate surface area is 102 Å². The Balaban J connectivity index is 1.88. The summed E-state index contributed by atoms with van der Waals surface area (Å²) in [7, 11) is 0. The van der Waals surface area contributed by atoms with Crippen LogP contribution in [-0.2, 0) is 0 Å². The van der Waals surface area contributed by atoms with Crippen molar-refractivity contribution in [1.29, 1.82) is 5.26 Å². The minimum absolute atomic E-state index is 0.592. The molecule has 16 heavy (non-hydrogen) atoms. The maximum absolute atomic E-state index is 8.95. The molecule has 0 saturated carbocycles. The first-order valence-electron chi connectivity index (χ1n) is 5.32. The summed E-state index contributed by atoms with van der Waals surface area (Å²) in [5.74, 6) is 0.772. The minimum atomic E-state index is 0.592. The number of hydrogen-bond donors (Lipinski definition) is 1. The van der Waals surface area contributed by atoms with E-state index in [4.69, 9.17) is 5.26 Å².